The number of rotatable bonds is 14. The number of hydrogen-bond acceptors (Lipinski definition) is 3. The van der Waals surface area contributed by atoms with Crippen molar-refractivity contribution in [2.45, 2.75) is 54.4 Å². The Morgan fingerprint density at radius 2 is 0.776 bits per heavy atom. The molecule has 7 rings (SSSR count). The predicted molar refractivity (Wildman–Crippen MR) is 251 cm³/mol. The maximum Gasteiger partial charge on any atom is 0.119 e. The summed E-state index contributed by atoms with van der Waals surface area (Å²) in [5.41, 5.74) is 17.8. The molecule has 0 aliphatic heterocycles. The molecule has 7 aromatic rings. The molecule has 3 nitrogen and oxygen atoms in total. The summed E-state index contributed by atoms with van der Waals surface area (Å²) in [6.45, 7) is 13.6. The zero-order valence-electron chi connectivity index (χ0n) is 34.7. The van der Waals surface area contributed by atoms with Crippen LogP contribution in [0, 0.1) is 20.8 Å². The molecule has 0 aliphatic rings. The van der Waals surface area contributed by atoms with E-state index in [1.54, 1.807) is 0 Å². The van der Waals surface area contributed by atoms with Crippen LogP contribution < -0.4 is 14.5 Å². The van der Waals surface area contributed by atoms with Crippen molar-refractivity contribution in [3.8, 4) is 5.75 Å². The van der Waals surface area contributed by atoms with Gasteiger partial charge in [0.05, 0.1) is 6.61 Å². The summed E-state index contributed by atoms with van der Waals surface area (Å²) in [5, 5.41) is 0. The molecular formula is C55H54N2O. The van der Waals surface area contributed by atoms with E-state index in [1.165, 1.54) is 44.8 Å². The molecule has 3 heteroatoms. The van der Waals surface area contributed by atoms with Gasteiger partial charge in [0.1, 0.15) is 5.75 Å². The molecule has 7 aromatic carbocycles. The average Bonchev–Trinajstić information content (AvgIpc) is 3.25. The molecule has 0 N–H and O–H groups in total. The van der Waals surface area contributed by atoms with E-state index in [2.05, 4.69) is 214 Å². The molecule has 290 valence electrons. The van der Waals surface area contributed by atoms with E-state index in [-0.39, 0.29) is 0 Å². The molecular weight excluding hydrogens is 705 g/mol. The van der Waals surface area contributed by atoms with Gasteiger partial charge in [0.2, 0.25) is 0 Å². The molecule has 0 unspecified atom stereocenters. The van der Waals surface area contributed by atoms with Gasteiger partial charge in [0.25, 0.3) is 0 Å². The third-order valence-electron chi connectivity index (χ3n) is 10.6. The standard InChI is InChI=1S/C55H54N2O/c1-7-47-37-41(5)15-35-54(47)56(49-29-23-44(24-30-49)20-19-43-17-13-40(4)14-18-43)51-11-10-12-52(39-51)57(55-36-16-42(6)38-48(55)8-2)50-31-25-45(26-32-50)21-22-46-27-33-53(34-28-46)58-9-3/h10-39H,7-9H2,1-6H3/b20-19+,22-21+. The molecule has 0 radical (unpaired) electrons. The number of ether oxygens (including phenoxy) is 1. The highest BCUT2D eigenvalue weighted by atomic mass is 16.5. The fraction of sp³-hybridized carbons (Fsp3) is 0.164. The van der Waals surface area contributed by atoms with Gasteiger partial charge < -0.3 is 14.5 Å². The molecule has 0 amide bonds. The highest BCUT2D eigenvalue weighted by Gasteiger charge is 2.20. The minimum Gasteiger partial charge on any atom is -0.494 e. The van der Waals surface area contributed by atoms with E-state index >= 15 is 0 Å². The lowest BCUT2D eigenvalue weighted by Crippen LogP contribution is -2.15. The molecule has 0 heterocycles. The van der Waals surface area contributed by atoms with Crippen LogP contribution in [-0.4, -0.2) is 6.61 Å². The van der Waals surface area contributed by atoms with Crippen LogP contribution >= 0.6 is 0 Å². The number of hydrogen-bond donors (Lipinski definition) is 0. The van der Waals surface area contributed by atoms with Crippen molar-refractivity contribution in [2.75, 3.05) is 16.4 Å². The minimum absolute atomic E-state index is 0.664. The van der Waals surface area contributed by atoms with Crippen LogP contribution in [0.15, 0.2) is 158 Å². The van der Waals surface area contributed by atoms with Gasteiger partial charge >= 0.3 is 0 Å². The van der Waals surface area contributed by atoms with Gasteiger partial charge in [-0.2, -0.15) is 0 Å². The van der Waals surface area contributed by atoms with Crippen LogP contribution in [0.1, 0.15) is 70.8 Å². The Morgan fingerprint density at radius 3 is 1.17 bits per heavy atom. The smallest absolute Gasteiger partial charge is 0.119 e. The first-order valence-corrected chi connectivity index (χ1v) is 20.6. The van der Waals surface area contributed by atoms with Gasteiger partial charge in [0, 0.05) is 34.1 Å². The fourth-order valence-corrected chi connectivity index (χ4v) is 7.43. The van der Waals surface area contributed by atoms with Crippen LogP contribution in [0.2, 0.25) is 0 Å². The number of anilines is 6. The van der Waals surface area contributed by atoms with E-state index in [0.29, 0.717) is 6.61 Å². The second-order valence-corrected chi connectivity index (χ2v) is 14.9. The van der Waals surface area contributed by atoms with Crippen molar-refractivity contribution in [1.29, 1.82) is 0 Å². The van der Waals surface area contributed by atoms with Gasteiger partial charge in [-0.15, -0.1) is 0 Å². The third kappa shape index (κ3) is 9.50. The van der Waals surface area contributed by atoms with Crippen LogP contribution in [-0.2, 0) is 12.8 Å². The summed E-state index contributed by atoms with van der Waals surface area (Å²) in [6.07, 6.45) is 10.5. The average molecular weight is 759 g/mol. The second kappa shape index (κ2) is 18.6. The van der Waals surface area contributed by atoms with Crippen molar-refractivity contribution in [2.24, 2.45) is 0 Å². The Kier molecular flexibility index (Phi) is 12.7. The lowest BCUT2D eigenvalue weighted by molar-refractivity contribution is 0.340. The molecule has 0 bridgehead atoms. The SMILES string of the molecule is CCOc1ccc(/C=C/c2ccc(N(c3cccc(N(c4ccc(/C=C/c5ccc(C)cc5)cc4)c4ccc(C)cc4CC)c3)c3ccc(C)cc3CC)cc2)cc1. The van der Waals surface area contributed by atoms with Crippen molar-refractivity contribution in [3.05, 3.63) is 208 Å². The number of aryl methyl sites for hydroxylation is 5. The van der Waals surface area contributed by atoms with Crippen molar-refractivity contribution < 1.29 is 4.74 Å². The Hall–Kier alpha value is -6.58. The van der Waals surface area contributed by atoms with E-state index in [4.69, 9.17) is 4.74 Å². The first-order chi connectivity index (χ1) is 28.3. The van der Waals surface area contributed by atoms with E-state index in [9.17, 15) is 0 Å². The van der Waals surface area contributed by atoms with Crippen LogP contribution in [0.4, 0.5) is 34.1 Å². The Balaban J connectivity index is 1.28. The topological polar surface area (TPSA) is 15.7 Å². The van der Waals surface area contributed by atoms with Crippen molar-refractivity contribution in [1.82, 2.24) is 0 Å². The van der Waals surface area contributed by atoms with Gasteiger partial charge in [-0.05, 0) is 141 Å². The van der Waals surface area contributed by atoms with Gasteiger partial charge in [-0.3, -0.25) is 0 Å². The largest absolute Gasteiger partial charge is 0.494 e. The molecule has 0 saturated heterocycles. The summed E-state index contributed by atoms with van der Waals surface area (Å²) >= 11 is 0. The quantitative estimate of drug-likeness (QED) is 0.103. The Labute approximate surface area is 346 Å². The molecule has 0 aliphatic carbocycles. The first kappa shape index (κ1) is 39.6. The predicted octanol–water partition coefficient (Wildman–Crippen LogP) is 15.4. The molecule has 0 aromatic heterocycles. The summed E-state index contributed by atoms with van der Waals surface area (Å²) < 4.78 is 5.63. The monoisotopic (exact) mass is 758 g/mol. The fourth-order valence-electron chi connectivity index (χ4n) is 7.43. The van der Waals surface area contributed by atoms with Crippen molar-refractivity contribution >= 4 is 58.4 Å². The molecule has 0 fully saturated rings. The lowest BCUT2D eigenvalue weighted by atomic mass is 10.0. The number of nitrogens with zero attached hydrogens (tertiary/aromatic N) is 2. The van der Waals surface area contributed by atoms with Crippen LogP contribution in [0.5, 0.6) is 5.75 Å². The minimum atomic E-state index is 0.664. The maximum atomic E-state index is 5.63. The van der Waals surface area contributed by atoms with Gasteiger partial charge in [-0.25, -0.2) is 0 Å². The second-order valence-electron chi connectivity index (χ2n) is 14.9. The maximum absolute atomic E-state index is 5.63. The van der Waals surface area contributed by atoms with Crippen LogP contribution in [0.3, 0.4) is 0 Å². The van der Waals surface area contributed by atoms with Gasteiger partial charge in [-0.1, -0.05) is 146 Å². The van der Waals surface area contributed by atoms with Crippen molar-refractivity contribution in [3.63, 3.8) is 0 Å². The summed E-state index contributed by atoms with van der Waals surface area (Å²) in [4.78, 5) is 4.83. The first-order valence-electron chi connectivity index (χ1n) is 20.6. The highest BCUT2D eigenvalue weighted by Crippen LogP contribution is 2.43. The number of benzene rings is 7. The molecule has 0 saturated carbocycles. The van der Waals surface area contributed by atoms with Crippen LogP contribution in [0.25, 0.3) is 24.3 Å². The van der Waals surface area contributed by atoms with E-state index in [1.807, 2.05) is 19.1 Å². The normalized spacial score (nSPS) is 11.3. The molecule has 0 spiro atoms. The van der Waals surface area contributed by atoms with E-state index in [0.717, 1.165) is 58.0 Å². The lowest BCUT2D eigenvalue weighted by Gasteiger charge is -2.31. The zero-order chi connectivity index (χ0) is 40.4. The Bertz CT molecular complexity index is 2490. The zero-order valence-corrected chi connectivity index (χ0v) is 34.7. The molecule has 0 atom stereocenters. The molecule has 58 heavy (non-hydrogen) atoms. The Morgan fingerprint density at radius 1 is 0.397 bits per heavy atom. The van der Waals surface area contributed by atoms with E-state index < -0.39 is 0 Å². The summed E-state index contributed by atoms with van der Waals surface area (Å²) in [7, 11) is 0. The van der Waals surface area contributed by atoms with Gasteiger partial charge in [0.15, 0.2) is 0 Å². The highest BCUT2D eigenvalue weighted by molar-refractivity contribution is 5.85. The third-order valence-corrected chi connectivity index (χ3v) is 10.6. The summed E-state index contributed by atoms with van der Waals surface area (Å²) in [6, 6.07) is 57.3. The summed E-state index contributed by atoms with van der Waals surface area (Å²) in [5.74, 6) is 0.892.